The van der Waals surface area contributed by atoms with E-state index < -0.39 is 0 Å². The molecule has 0 heterocycles. The van der Waals surface area contributed by atoms with Crippen molar-refractivity contribution in [3.05, 3.63) is 28.8 Å². The monoisotopic (exact) mass is 212 g/mol. The summed E-state index contributed by atoms with van der Waals surface area (Å²) in [4.78, 5) is 0. The molecule has 3 heteroatoms. The maximum Gasteiger partial charge on any atom is 0.0410 e. The zero-order chi connectivity index (χ0) is 10.7. The number of nitrogens with two attached hydrogens (primary N) is 2. The molecule has 0 aliphatic rings. The van der Waals surface area contributed by atoms with E-state index in [1.165, 1.54) is 0 Å². The molecule has 0 aliphatic heterocycles. The Hall–Kier alpha value is -0.730. The highest BCUT2D eigenvalue weighted by molar-refractivity contribution is 6.30. The van der Waals surface area contributed by atoms with Gasteiger partial charge in [-0.1, -0.05) is 31.9 Å². The van der Waals surface area contributed by atoms with Gasteiger partial charge in [0, 0.05) is 16.8 Å². The van der Waals surface area contributed by atoms with Crippen LogP contribution in [-0.4, -0.2) is 0 Å². The molecule has 0 saturated heterocycles. The summed E-state index contributed by atoms with van der Waals surface area (Å²) in [6.07, 6.45) is 1.03. The highest BCUT2D eigenvalue weighted by Gasteiger charge is 2.15. The van der Waals surface area contributed by atoms with Crippen LogP contribution in [0.3, 0.4) is 0 Å². The number of benzene rings is 1. The third-order valence-corrected chi connectivity index (χ3v) is 2.90. The molecular weight excluding hydrogens is 196 g/mol. The van der Waals surface area contributed by atoms with Crippen LogP contribution in [0.15, 0.2) is 18.2 Å². The van der Waals surface area contributed by atoms with Crippen LogP contribution in [0.2, 0.25) is 5.02 Å². The number of nitrogen functional groups attached to an aromatic ring is 1. The molecular formula is C11H17ClN2. The van der Waals surface area contributed by atoms with E-state index >= 15 is 0 Å². The van der Waals surface area contributed by atoms with Crippen LogP contribution in [0.25, 0.3) is 0 Å². The summed E-state index contributed by atoms with van der Waals surface area (Å²) in [5.41, 5.74) is 13.6. The largest absolute Gasteiger partial charge is 0.398 e. The van der Waals surface area contributed by atoms with Gasteiger partial charge in [0.25, 0.3) is 0 Å². The van der Waals surface area contributed by atoms with Gasteiger partial charge in [0.1, 0.15) is 0 Å². The minimum atomic E-state index is -0.0290. The van der Waals surface area contributed by atoms with E-state index in [0.29, 0.717) is 10.9 Å². The van der Waals surface area contributed by atoms with Gasteiger partial charge in [-0.3, -0.25) is 0 Å². The predicted molar refractivity (Wildman–Crippen MR) is 62.2 cm³/mol. The molecule has 0 amide bonds. The van der Waals surface area contributed by atoms with Gasteiger partial charge < -0.3 is 11.5 Å². The first-order chi connectivity index (χ1) is 6.56. The molecule has 78 valence electrons. The smallest absolute Gasteiger partial charge is 0.0410 e. The van der Waals surface area contributed by atoms with Crippen LogP contribution >= 0.6 is 11.6 Å². The third-order valence-electron chi connectivity index (χ3n) is 2.66. The number of hydrogen-bond donors (Lipinski definition) is 2. The SMILES string of the molecule is CCC(C)[C@@H](N)c1cc(Cl)ccc1N. The first kappa shape index (κ1) is 11.3. The highest BCUT2D eigenvalue weighted by Crippen LogP contribution is 2.28. The first-order valence-electron chi connectivity index (χ1n) is 4.86. The Morgan fingerprint density at radius 3 is 2.64 bits per heavy atom. The van der Waals surface area contributed by atoms with Crippen LogP contribution < -0.4 is 11.5 Å². The van der Waals surface area contributed by atoms with Gasteiger partial charge in [-0.15, -0.1) is 0 Å². The standard InChI is InChI=1S/C11H17ClN2/c1-3-7(2)11(14)9-6-8(12)4-5-10(9)13/h4-7,11H,3,13-14H2,1-2H3/t7?,11-/m1/s1. The fraction of sp³-hybridized carbons (Fsp3) is 0.455. The minimum Gasteiger partial charge on any atom is -0.398 e. The number of halogens is 1. The van der Waals surface area contributed by atoms with Crippen molar-refractivity contribution in [1.29, 1.82) is 0 Å². The Bertz CT molecular complexity index is 312. The van der Waals surface area contributed by atoms with E-state index in [-0.39, 0.29) is 6.04 Å². The molecule has 0 saturated carbocycles. The van der Waals surface area contributed by atoms with Crippen molar-refractivity contribution in [2.75, 3.05) is 5.73 Å². The fourth-order valence-corrected chi connectivity index (χ4v) is 1.58. The summed E-state index contributed by atoms with van der Waals surface area (Å²) in [6.45, 7) is 4.23. The Morgan fingerprint density at radius 2 is 2.07 bits per heavy atom. The lowest BCUT2D eigenvalue weighted by molar-refractivity contribution is 0.458. The average molecular weight is 213 g/mol. The summed E-state index contributed by atoms with van der Waals surface area (Å²) in [7, 11) is 0. The van der Waals surface area contributed by atoms with Gasteiger partial charge in [-0.05, 0) is 29.7 Å². The lowest BCUT2D eigenvalue weighted by Crippen LogP contribution is -2.19. The highest BCUT2D eigenvalue weighted by atomic mass is 35.5. The van der Waals surface area contributed by atoms with Crippen LogP contribution in [-0.2, 0) is 0 Å². The van der Waals surface area contributed by atoms with Gasteiger partial charge in [0.2, 0.25) is 0 Å². The van der Waals surface area contributed by atoms with Gasteiger partial charge in [0.15, 0.2) is 0 Å². The van der Waals surface area contributed by atoms with Gasteiger partial charge in [-0.2, -0.15) is 0 Å². The Kier molecular flexibility index (Phi) is 3.78. The van der Waals surface area contributed by atoms with Crippen molar-refractivity contribution >= 4 is 17.3 Å². The molecule has 1 unspecified atom stereocenters. The second-order valence-electron chi connectivity index (χ2n) is 3.68. The number of hydrogen-bond acceptors (Lipinski definition) is 2. The van der Waals surface area contributed by atoms with Crippen molar-refractivity contribution < 1.29 is 0 Å². The van der Waals surface area contributed by atoms with Gasteiger partial charge >= 0.3 is 0 Å². The van der Waals surface area contributed by atoms with E-state index in [0.717, 1.165) is 17.7 Å². The summed E-state index contributed by atoms with van der Waals surface area (Å²) < 4.78 is 0. The molecule has 1 aromatic carbocycles. The summed E-state index contributed by atoms with van der Waals surface area (Å²) >= 11 is 5.90. The maximum atomic E-state index is 6.08. The lowest BCUT2D eigenvalue weighted by atomic mass is 9.92. The zero-order valence-electron chi connectivity index (χ0n) is 8.63. The molecule has 1 rings (SSSR count). The quantitative estimate of drug-likeness (QED) is 0.757. The van der Waals surface area contributed by atoms with E-state index in [1.807, 2.05) is 6.07 Å². The number of anilines is 1. The van der Waals surface area contributed by atoms with Gasteiger partial charge in [-0.25, -0.2) is 0 Å². The van der Waals surface area contributed by atoms with E-state index in [9.17, 15) is 0 Å². The minimum absolute atomic E-state index is 0.0290. The normalized spacial score (nSPS) is 15.1. The molecule has 0 spiro atoms. The van der Waals surface area contributed by atoms with Crippen LogP contribution in [0.1, 0.15) is 31.9 Å². The molecule has 0 bridgehead atoms. The van der Waals surface area contributed by atoms with Gasteiger partial charge in [0.05, 0.1) is 0 Å². The second kappa shape index (κ2) is 4.67. The van der Waals surface area contributed by atoms with E-state index in [2.05, 4.69) is 13.8 Å². The maximum absolute atomic E-state index is 6.08. The van der Waals surface area contributed by atoms with Crippen molar-refractivity contribution in [2.45, 2.75) is 26.3 Å². The lowest BCUT2D eigenvalue weighted by Gasteiger charge is -2.20. The molecule has 0 fully saturated rings. The topological polar surface area (TPSA) is 52.0 Å². The molecule has 14 heavy (non-hydrogen) atoms. The van der Waals surface area contributed by atoms with Crippen molar-refractivity contribution in [2.24, 2.45) is 11.7 Å². The fourth-order valence-electron chi connectivity index (χ4n) is 1.39. The van der Waals surface area contributed by atoms with Crippen molar-refractivity contribution in [1.82, 2.24) is 0 Å². The molecule has 2 atom stereocenters. The Morgan fingerprint density at radius 1 is 1.43 bits per heavy atom. The Labute approximate surface area is 90.2 Å². The molecule has 2 nitrogen and oxygen atoms in total. The first-order valence-corrected chi connectivity index (χ1v) is 5.24. The molecule has 4 N–H and O–H groups in total. The molecule has 1 aromatic rings. The summed E-state index contributed by atoms with van der Waals surface area (Å²) in [5.74, 6) is 0.413. The molecule has 0 aliphatic carbocycles. The van der Waals surface area contributed by atoms with E-state index in [4.69, 9.17) is 23.1 Å². The van der Waals surface area contributed by atoms with Crippen LogP contribution in [0, 0.1) is 5.92 Å². The van der Waals surface area contributed by atoms with Crippen molar-refractivity contribution in [3.63, 3.8) is 0 Å². The zero-order valence-corrected chi connectivity index (χ0v) is 9.38. The third kappa shape index (κ3) is 2.40. The van der Waals surface area contributed by atoms with Crippen LogP contribution in [0.5, 0.6) is 0 Å². The Balaban J connectivity index is 2.99. The summed E-state index contributed by atoms with van der Waals surface area (Å²) in [5, 5.41) is 0.688. The van der Waals surface area contributed by atoms with E-state index in [1.54, 1.807) is 12.1 Å². The molecule has 0 radical (unpaired) electrons. The number of rotatable bonds is 3. The predicted octanol–water partition coefficient (Wildman–Crippen LogP) is 2.97. The van der Waals surface area contributed by atoms with Crippen LogP contribution in [0.4, 0.5) is 5.69 Å². The van der Waals surface area contributed by atoms with Crippen molar-refractivity contribution in [3.8, 4) is 0 Å². The molecule has 0 aromatic heterocycles. The second-order valence-corrected chi connectivity index (χ2v) is 4.12. The summed E-state index contributed by atoms with van der Waals surface area (Å²) in [6, 6.07) is 5.41. The average Bonchev–Trinajstić information content (AvgIpc) is 2.19.